The van der Waals surface area contributed by atoms with Crippen LogP contribution in [0, 0.1) is 11.8 Å². The van der Waals surface area contributed by atoms with Crippen LogP contribution < -0.4 is 0 Å². The van der Waals surface area contributed by atoms with Crippen LogP contribution in [0.2, 0.25) is 0 Å². The number of cyclic esters (lactones) is 1. The summed E-state index contributed by atoms with van der Waals surface area (Å²) in [6.45, 7) is 10.4. The molecule has 0 aromatic heterocycles. The molecule has 0 N–H and O–H groups in total. The predicted octanol–water partition coefficient (Wildman–Crippen LogP) is 5.69. The second-order valence-electron chi connectivity index (χ2n) is 12.9. The van der Waals surface area contributed by atoms with Crippen molar-refractivity contribution in [2.45, 2.75) is 103 Å². The number of alkyl halides is 3. The zero-order valence-electron chi connectivity index (χ0n) is 25.5. The Morgan fingerprint density at radius 2 is 1.44 bits per heavy atom. The second-order valence-corrected chi connectivity index (χ2v) is 12.9. The van der Waals surface area contributed by atoms with Crippen LogP contribution in [0.3, 0.4) is 0 Å². The lowest BCUT2D eigenvalue weighted by Crippen LogP contribution is -2.54. The summed E-state index contributed by atoms with van der Waals surface area (Å²) in [5.74, 6) is -2.44. The van der Waals surface area contributed by atoms with Crippen molar-refractivity contribution in [1.82, 2.24) is 4.90 Å². The van der Waals surface area contributed by atoms with Gasteiger partial charge in [-0.2, -0.15) is 18.1 Å². The minimum atomic E-state index is -4.51. The van der Waals surface area contributed by atoms with Crippen LogP contribution in [0.1, 0.15) is 72.4 Å². The van der Waals surface area contributed by atoms with Gasteiger partial charge in [0.05, 0.1) is 24.7 Å². The largest absolute Gasteiger partial charge is 0.458 e. The number of benzene rings is 1. The minimum Gasteiger partial charge on any atom is -0.458 e. The first-order chi connectivity index (χ1) is 19.7. The Kier molecular flexibility index (Phi) is 10.4. The molecule has 43 heavy (non-hydrogen) atoms. The number of esters is 2. The fourth-order valence-corrected chi connectivity index (χ4v) is 4.39. The standard InChI is InChI=1S/C30H40F3NO9/c1-17-23(41-24(35)19-10-11-19)20(14-18-8-12-21(13-9-18)30(31,32)33)15-39-16-22(25(36)40-17)34(26(37)42-28(2,3)4)27(38)43-29(5,6)7/h8-9,12-13,17,19-20,22-23H,10-11,14-16H2,1-7H3/t17-,20-,22-,23-/m0/s1. The smallest absolute Gasteiger partial charge is 0.420 e. The lowest BCUT2D eigenvalue weighted by molar-refractivity contribution is -0.173. The minimum absolute atomic E-state index is 0.120. The number of ether oxygens (including phenoxy) is 5. The number of rotatable bonds is 5. The molecule has 2 amide bonds. The van der Waals surface area contributed by atoms with Crippen molar-refractivity contribution in [2.24, 2.45) is 11.8 Å². The Hall–Kier alpha value is -3.35. The van der Waals surface area contributed by atoms with E-state index in [2.05, 4.69) is 0 Å². The van der Waals surface area contributed by atoms with Gasteiger partial charge in [0.2, 0.25) is 0 Å². The summed E-state index contributed by atoms with van der Waals surface area (Å²) in [7, 11) is 0. The fourth-order valence-electron chi connectivity index (χ4n) is 4.39. The molecule has 2 fully saturated rings. The van der Waals surface area contributed by atoms with E-state index in [9.17, 15) is 32.3 Å². The van der Waals surface area contributed by atoms with Gasteiger partial charge in [0.1, 0.15) is 23.4 Å². The highest BCUT2D eigenvalue weighted by Gasteiger charge is 2.45. The molecule has 1 aliphatic carbocycles. The average molecular weight is 616 g/mol. The Morgan fingerprint density at radius 1 is 0.907 bits per heavy atom. The van der Waals surface area contributed by atoms with Gasteiger partial charge in [0.15, 0.2) is 6.04 Å². The summed E-state index contributed by atoms with van der Waals surface area (Å²) in [5.41, 5.74) is -2.35. The monoisotopic (exact) mass is 615 g/mol. The third-order valence-electron chi connectivity index (χ3n) is 6.54. The highest BCUT2D eigenvalue weighted by Crippen LogP contribution is 2.34. The van der Waals surface area contributed by atoms with Gasteiger partial charge in [-0.15, -0.1) is 0 Å². The van der Waals surface area contributed by atoms with Crippen molar-refractivity contribution in [3.8, 4) is 0 Å². The first kappa shape index (κ1) is 34.1. The number of hydrogen-bond acceptors (Lipinski definition) is 9. The molecular formula is C30H40F3NO9. The molecule has 2 aliphatic rings. The van der Waals surface area contributed by atoms with E-state index in [4.69, 9.17) is 23.7 Å². The second kappa shape index (κ2) is 13.1. The van der Waals surface area contributed by atoms with E-state index in [1.54, 1.807) is 41.5 Å². The molecule has 0 bridgehead atoms. The molecule has 0 spiro atoms. The Morgan fingerprint density at radius 3 is 1.91 bits per heavy atom. The fraction of sp³-hybridized carbons (Fsp3) is 0.667. The van der Waals surface area contributed by atoms with Gasteiger partial charge in [-0.1, -0.05) is 12.1 Å². The third-order valence-corrected chi connectivity index (χ3v) is 6.54. The van der Waals surface area contributed by atoms with Crippen LogP contribution in [-0.4, -0.2) is 71.7 Å². The quantitative estimate of drug-likeness (QED) is 0.304. The van der Waals surface area contributed by atoms with Gasteiger partial charge < -0.3 is 23.7 Å². The maximum absolute atomic E-state index is 13.5. The Labute approximate surface area is 249 Å². The van der Waals surface area contributed by atoms with E-state index in [1.165, 1.54) is 19.1 Å². The number of halogens is 3. The molecule has 1 saturated carbocycles. The average Bonchev–Trinajstić information content (AvgIpc) is 3.68. The molecule has 13 heteroatoms. The molecular weight excluding hydrogens is 575 g/mol. The van der Waals surface area contributed by atoms with E-state index >= 15 is 0 Å². The van der Waals surface area contributed by atoms with Gasteiger partial charge in [-0.3, -0.25) is 4.79 Å². The van der Waals surface area contributed by atoms with Gasteiger partial charge in [-0.25, -0.2) is 14.4 Å². The van der Waals surface area contributed by atoms with Crippen molar-refractivity contribution >= 4 is 24.1 Å². The van der Waals surface area contributed by atoms with Crippen molar-refractivity contribution in [3.63, 3.8) is 0 Å². The number of hydrogen-bond donors (Lipinski definition) is 0. The zero-order chi connectivity index (χ0) is 32.3. The van der Waals surface area contributed by atoms with Crippen molar-refractivity contribution in [3.05, 3.63) is 35.4 Å². The molecule has 1 aliphatic heterocycles. The summed E-state index contributed by atoms with van der Waals surface area (Å²) >= 11 is 0. The van der Waals surface area contributed by atoms with Gasteiger partial charge in [0, 0.05) is 5.92 Å². The molecule has 1 aromatic rings. The Balaban J connectivity index is 1.92. The van der Waals surface area contributed by atoms with Crippen LogP contribution in [0.25, 0.3) is 0 Å². The van der Waals surface area contributed by atoms with Crippen LogP contribution in [0.4, 0.5) is 22.8 Å². The van der Waals surface area contributed by atoms with Crippen LogP contribution in [0.5, 0.6) is 0 Å². The molecule has 1 heterocycles. The topological polar surface area (TPSA) is 118 Å². The van der Waals surface area contributed by atoms with Gasteiger partial charge in [-0.05, 0) is 85.4 Å². The molecule has 1 saturated heterocycles. The molecule has 0 unspecified atom stereocenters. The number of imide groups is 1. The van der Waals surface area contributed by atoms with Gasteiger partial charge in [0.25, 0.3) is 0 Å². The molecule has 10 nitrogen and oxygen atoms in total. The van der Waals surface area contributed by atoms with Crippen LogP contribution >= 0.6 is 0 Å². The van der Waals surface area contributed by atoms with Crippen molar-refractivity contribution in [1.29, 1.82) is 0 Å². The molecule has 240 valence electrons. The SMILES string of the molecule is C[C@@H]1OC(=O)[C@@H](N(C(=O)OC(C)(C)C)C(=O)OC(C)(C)C)COC[C@H](Cc2ccc(C(F)(F)F)cc2)[C@H]1OC(=O)C1CC1. The predicted molar refractivity (Wildman–Crippen MR) is 146 cm³/mol. The van der Waals surface area contributed by atoms with E-state index in [0.29, 0.717) is 23.3 Å². The van der Waals surface area contributed by atoms with E-state index in [0.717, 1.165) is 12.1 Å². The molecule has 1 aromatic carbocycles. The third kappa shape index (κ3) is 10.1. The van der Waals surface area contributed by atoms with Crippen molar-refractivity contribution in [2.75, 3.05) is 13.2 Å². The summed E-state index contributed by atoms with van der Waals surface area (Å²) in [4.78, 5) is 53.0. The van der Waals surface area contributed by atoms with Crippen LogP contribution in [-0.2, 0) is 45.9 Å². The van der Waals surface area contributed by atoms with E-state index < -0.39 is 77.8 Å². The number of nitrogens with zero attached hydrogens (tertiary/aromatic N) is 1. The number of carbonyl (C=O) groups excluding carboxylic acids is 4. The normalized spacial score (nSPS) is 23.6. The Bertz CT molecular complexity index is 1140. The summed E-state index contributed by atoms with van der Waals surface area (Å²) in [5, 5.41) is 0. The lowest BCUT2D eigenvalue weighted by Gasteiger charge is -2.32. The van der Waals surface area contributed by atoms with E-state index in [-0.39, 0.29) is 18.9 Å². The first-order valence-corrected chi connectivity index (χ1v) is 14.1. The first-order valence-electron chi connectivity index (χ1n) is 14.1. The molecule has 3 rings (SSSR count). The highest BCUT2D eigenvalue weighted by atomic mass is 19.4. The lowest BCUT2D eigenvalue weighted by atomic mass is 9.91. The maximum Gasteiger partial charge on any atom is 0.420 e. The number of amides is 2. The maximum atomic E-state index is 13.5. The number of carbonyl (C=O) groups is 4. The van der Waals surface area contributed by atoms with Crippen LogP contribution in [0.15, 0.2) is 24.3 Å². The summed E-state index contributed by atoms with van der Waals surface area (Å²) in [6, 6.07) is 2.94. The van der Waals surface area contributed by atoms with E-state index in [1.807, 2.05) is 0 Å². The zero-order valence-corrected chi connectivity index (χ0v) is 25.5. The molecule has 4 atom stereocenters. The van der Waals surface area contributed by atoms with Crippen molar-refractivity contribution < 1.29 is 56.0 Å². The highest BCUT2D eigenvalue weighted by molar-refractivity contribution is 5.94. The summed E-state index contributed by atoms with van der Waals surface area (Å²) in [6.07, 6.45) is -7.49. The molecule has 0 radical (unpaired) electrons. The van der Waals surface area contributed by atoms with Gasteiger partial charge >= 0.3 is 30.3 Å². The summed E-state index contributed by atoms with van der Waals surface area (Å²) < 4.78 is 67.4.